The zero-order valence-electron chi connectivity index (χ0n) is 16.0. The van der Waals surface area contributed by atoms with Crippen LogP contribution in [-0.4, -0.2) is 29.6 Å². The molecule has 30 heavy (non-hydrogen) atoms. The van der Waals surface area contributed by atoms with Crippen molar-refractivity contribution in [3.8, 4) is 16.9 Å². The third kappa shape index (κ3) is 3.48. The third-order valence-electron chi connectivity index (χ3n) is 4.81. The summed E-state index contributed by atoms with van der Waals surface area (Å²) < 4.78 is 69.0. The molecule has 0 fully saturated rings. The number of nitrogens with zero attached hydrogens (tertiary/aromatic N) is 3. The van der Waals surface area contributed by atoms with Crippen molar-refractivity contribution in [3.05, 3.63) is 66.7 Å². The van der Waals surface area contributed by atoms with E-state index < -0.39 is 21.8 Å². The Morgan fingerprint density at radius 3 is 2.30 bits per heavy atom. The molecular weight excluding hydrogens is 417 g/mol. The molecule has 6 nitrogen and oxygen atoms in total. The Morgan fingerprint density at radius 1 is 1.03 bits per heavy atom. The van der Waals surface area contributed by atoms with Crippen molar-refractivity contribution in [1.29, 1.82) is 0 Å². The van der Waals surface area contributed by atoms with Crippen molar-refractivity contribution in [3.63, 3.8) is 0 Å². The van der Waals surface area contributed by atoms with Gasteiger partial charge in [0.05, 0.1) is 28.0 Å². The summed E-state index contributed by atoms with van der Waals surface area (Å²) >= 11 is 0. The molecule has 0 unspecified atom stereocenters. The number of fused-ring (bicyclic) bond motifs is 1. The van der Waals surface area contributed by atoms with E-state index >= 15 is 0 Å². The Hall–Kier alpha value is -3.11. The number of hydrogen-bond donors (Lipinski definition) is 1. The minimum Gasteiger partial charge on any atom is -0.340 e. The Bertz CT molecular complexity index is 1340. The van der Waals surface area contributed by atoms with Gasteiger partial charge in [0.15, 0.2) is 0 Å². The molecular formula is C20H17F3N4O2S. The number of alkyl halides is 3. The number of nitrogens with one attached hydrogen (secondary N) is 1. The molecule has 0 radical (unpaired) electrons. The number of sulfonamides is 1. The van der Waals surface area contributed by atoms with Gasteiger partial charge in [0.25, 0.3) is 0 Å². The van der Waals surface area contributed by atoms with Crippen molar-refractivity contribution in [2.45, 2.75) is 11.1 Å². The number of aromatic nitrogens is 3. The van der Waals surface area contributed by atoms with Crippen LogP contribution in [0.4, 0.5) is 13.2 Å². The maximum atomic E-state index is 12.9. The predicted molar refractivity (Wildman–Crippen MR) is 107 cm³/mol. The third-order valence-corrected chi connectivity index (χ3v) is 6.22. The van der Waals surface area contributed by atoms with Crippen molar-refractivity contribution < 1.29 is 21.6 Å². The molecule has 0 spiro atoms. The van der Waals surface area contributed by atoms with E-state index in [0.29, 0.717) is 16.9 Å². The Kier molecular flexibility index (Phi) is 4.70. The molecule has 0 aliphatic heterocycles. The Morgan fingerprint density at radius 2 is 1.73 bits per heavy atom. The molecule has 0 saturated carbocycles. The second-order valence-corrected chi connectivity index (χ2v) is 8.65. The van der Waals surface area contributed by atoms with Gasteiger partial charge in [-0.05, 0) is 43.4 Å². The fourth-order valence-electron chi connectivity index (χ4n) is 3.27. The van der Waals surface area contributed by atoms with Gasteiger partial charge < -0.3 is 9.13 Å². The fraction of sp³-hybridized carbons (Fsp3) is 0.150. The number of imidazole rings is 1. The topological polar surface area (TPSA) is 68.9 Å². The van der Waals surface area contributed by atoms with E-state index in [0.717, 1.165) is 23.1 Å². The molecule has 0 aliphatic rings. The summed E-state index contributed by atoms with van der Waals surface area (Å²) in [5.74, 6) is 0. The summed E-state index contributed by atoms with van der Waals surface area (Å²) in [7, 11) is -0.562. The SMILES string of the molecule is CNS(=O)(=O)c1ccc2c(-c3cn(C)cn3)cn(-c3ccc(C(F)(F)F)cc3)c2c1. The van der Waals surface area contributed by atoms with Crippen molar-refractivity contribution >= 4 is 20.9 Å². The first kappa shape index (κ1) is 20.2. The smallest absolute Gasteiger partial charge is 0.340 e. The van der Waals surface area contributed by atoms with Gasteiger partial charge in [0.2, 0.25) is 10.0 Å². The first-order chi connectivity index (χ1) is 14.1. The molecule has 0 saturated heterocycles. The van der Waals surface area contributed by atoms with Gasteiger partial charge in [-0.15, -0.1) is 0 Å². The summed E-state index contributed by atoms with van der Waals surface area (Å²) in [5, 5.41) is 0.726. The van der Waals surface area contributed by atoms with Crippen LogP contribution in [0.15, 0.2) is 66.1 Å². The highest BCUT2D eigenvalue weighted by Crippen LogP contribution is 2.34. The van der Waals surface area contributed by atoms with Crippen LogP contribution in [0.2, 0.25) is 0 Å². The van der Waals surface area contributed by atoms with Crippen LogP contribution in [0, 0.1) is 0 Å². The van der Waals surface area contributed by atoms with E-state index in [-0.39, 0.29) is 4.90 Å². The molecule has 2 heterocycles. The average Bonchev–Trinajstić information content (AvgIpc) is 3.30. The number of benzene rings is 2. The highest BCUT2D eigenvalue weighted by molar-refractivity contribution is 7.89. The standard InChI is InChI=1S/C20H17F3N4O2S/c1-24-30(28,29)15-7-8-16-17(18-11-26(2)12-25-18)10-27(19(16)9-15)14-5-3-13(4-6-14)20(21,22)23/h3-12,24H,1-2H3. The van der Waals surface area contributed by atoms with Gasteiger partial charge in [0, 0.05) is 36.1 Å². The van der Waals surface area contributed by atoms with Gasteiger partial charge in [-0.25, -0.2) is 18.1 Å². The quantitative estimate of drug-likeness (QED) is 0.529. The first-order valence-electron chi connectivity index (χ1n) is 8.85. The summed E-state index contributed by atoms with van der Waals surface area (Å²) in [5.41, 5.74) is 1.64. The highest BCUT2D eigenvalue weighted by atomic mass is 32.2. The molecule has 1 N–H and O–H groups in total. The minimum absolute atomic E-state index is 0.0522. The van der Waals surface area contributed by atoms with Crippen molar-refractivity contribution in [1.82, 2.24) is 18.8 Å². The van der Waals surface area contributed by atoms with Gasteiger partial charge in [-0.3, -0.25) is 0 Å². The molecule has 0 atom stereocenters. The van der Waals surface area contributed by atoms with Crippen molar-refractivity contribution in [2.24, 2.45) is 7.05 Å². The lowest BCUT2D eigenvalue weighted by atomic mass is 10.1. The van der Waals surface area contributed by atoms with Crippen LogP contribution in [0.5, 0.6) is 0 Å². The molecule has 10 heteroatoms. The lowest BCUT2D eigenvalue weighted by Crippen LogP contribution is -2.18. The summed E-state index contributed by atoms with van der Waals surface area (Å²) in [4.78, 5) is 4.40. The fourth-order valence-corrected chi connectivity index (χ4v) is 4.02. The normalized spacial score (nSPS) is 12.6. The zero-order chi connectivity index (χ0) is 21.7. The minimum atomic E-state index is -4.44. The zero-order valence-corrected chi connectivity index (χ0v) is 16.8. The maximum absolute atomic E-state index is 12.9. The number of aryl methyl sites for hydroxylation is 1. The molecule has 0 bridgehead atoms. The van der Waals surface area contributed by atoms with Crippen LogP contribution in [0.1, 0.15) is 5.56 Å². The molecule has 0 aliphatic carbocycles. The van der Waals surface area contributed by atoms with E-state index in [4.69, 9.17) is 0 Å². The second-order valence-electron chi connectivity index (χ2n) is 6.77. The largest absolute Gasteiger partial charge is 0.416 e. The van der Waals surface area contributed by atoms with Crippen molar-refractivity contribution in [2.75, 3.05) is 7.05 Å². The average molecular weight is 434 g/mol. The van der Waals surface area contributed by atoms with E-state index in [9.17, 15) is 21.6 Å². The number of rotatable bonds is 4. The summed E-state index contributed by atoms with van der Waals surface area (Å²) in [6.45, 7) is 0. The predicted octanol–water partition coefficient (Wildman–Crippen LogP) is 3.96. The van der Waals surface area contributed by atoms with Crippen LogP contribution in [0.3, 0.4) is 0 Å². The molecule has 4 aromatic rings. The molecule has 0 amide bonds. The van der Waals surface area contributed by atoms with Crippen LogP contribution < -0.4 is 4.72 Å². The lowest BCUT2D eigenvalue weighted by molar-refractivity contribution is -0.137. The lowest BCUT2D eigenvalue weighted by Gasteiger charge is -2.10. The first-order valence-corrected chi connectivity index (χ1v) is 10.3. The second kappa shape index (κ2) is 6.99. The highest BCUT2D eigenvalue weighted by Gasteiger charge is 2.30. The van der Waals surface area contributed by atoms with Gasteiger partial charge in [-0.2, -0.15) is 13.2 Å². The molecule has 2 aromatic carbocycles. The monoisotopic (exact) mass is 434 g/mol. The maximum Gasteiger partial charge on any atom is 0.416 e. The van der Waals surface area contributed by atoms with Gasteiger partial charge in [0.1, 0.15) is 0 Å². The summed E-state index contributed by atoms with van der Waals surface area (Å²) in [6, 6.07) is 9.34. The number of halogens is 3. The van der Waals surface area contributed by atoms with E-state index in [1.807, 2.05) is 13.2 Å². The summed E-state index contributed by atoms with van der Waals surface area (Å²) in [6.07, 6.45) is 0.746. The Balaban J connectivity index is 1.96. The van der Waals surface area contributed by atoms with E-state index in [1.54, 1.807) is 27.7 Å². The molecule has 156 valence electrons. The molecule has 2 aromatic heterocycles. The van der Waals surface area contributed by atoms with Gasteiger partial charge >= 0.3 is 6.18 Å². The van der Waals surface area contributed by atoms with Crippen LogP contribution >= 0.6 is 0 Å². The van der Waals surface area contributed by atoms with Crippen LogP contribution in [-0.2, 0) is 23.2 Å². The van der Waals surface area contributed by atoms with Crippen LogP contribution in [0.25, 0.3) is 27.8 Å². The van der Waals surface area contributed by atoms with E-state index in [2.05, 4.69) is 9.71 Å². The number of hydrogen-bond acceptors (Lipinski definition) is 3. The molecule has 4 rings (SSSR count). The van der Waals surface area contributed by atoms with Gasteiger partial charge in [-0.1, -0.05) is 6.07 Å². The van der Waals surface area contributed by atoms with E-state index in [1.165, 1.54) is 31.3 Å². The Labute approximate surface area is 170 Å².